The Bertz CT molecular complexity index is 1410. The van der Waals surface area contributed by atoms with Gasteiger partial charge in [0, 0.05) is 0 Å². The normalized spacial score (nSPS) is 19.0. The fraction of sp³-hybridized carbons (Fsp3) is 0.136. The van der Waals surface area contributed by atoms with E-state index >= 15 is 0 Å². The van der Waals surface area contributed by atoms with Crippen LogP contribution >= 0.6 is 23.5 Å². The third-order valence-electron chi connectivity index (χ3n) is 5.37. The molecule has 1 aliphatic heterocycles. The van der Waals surface area contributed by atoms with Crippen LogP contribution < -0.4 is 10.9 Å². The summed E-state index contributed by atoms with van der Waals surface area (Å²) in [6, 6.07) is 17.1. The molecule has 0 saturated heterocycles. The predicted octanol–water partition coefficient (Wildman–Crippen LogP) is 3.57. The van der Waals surface area contributed by atoms with Crippen LogP contribution in [0.5, 0.6) is 0 Å². The summed E-state index contributed by atoms with van der Waals surface area (Å²) in [7, 11) is 0. The fourth-order valence-corrected chi connectivity index (χ4v) is 5.34. The van der Waals surface area contributed by atoms with Gasteiger partial charge in [0.15, 0.2) is 5.17 Å². The highest BCUT2D eigenvalue weighted by atomic mass is 32.2. The van der Waals surface area contributed by atoms with Gasteiger partial charge in [-0.15, -0.1) is 0 Å². The largest absolute Gasteiger partial charge is 0.356 e. The van der Waals surface area contributed by atoms with Crippen LogP contribution in [-0.4, -0.2) is 29.5 Å². The van der Waals surface area contributed by atoms with Gasteiger partial charge in [0.1, 0.15) is 23.3 Å². The molecule has 2 aromatic carbocycles. The summed E-state index contributed by atoms with van der Waals surface area (Å²) in [4.78, 5) is 23.0. The molecule has 0 radical (unpaired) electrons. The number of benzene rings is 2. The third-order valence-corrected chi connectivity index (χ3v) is 6.82. The quantitative estimate of drug-likeness (QED) is 0.520. The Morgan fingerprint density at radius 1 is 1.06 bits per heavy atom. The minimum atomic E-state index is -0.0662. The van der Waals surface area contributed by atoms with Crippen molar-refractivity contribution in [2.45, 2.75) is 17.8 Å². The lowest BCUT2D eigenvalue weighted by molar-refractivity contribution is 0.621. The molecule has 0 spiro atoms. The number of nitrogens with one attached hydrogen (secondary N) is 1. The van der Waals surface area contributed by atoms with Crippen LogP contribution in [0.3, 0.4) is 0 Å². The van der Waals surface area contributed by atoms with Crippen LogP contribution in [-0.2, 0) is 5.75 Å². The molecule has 6 rings (SSSR count). The molecule has 1 N–H and O–H groups in total. The molecule has 3 heterocycles. The molecular weight excluding hydrogens is 428 g/mol. The maximum atomic E-state index is 13.3. The molecule has 0 fully saturated rings. The van der Waals surface area contributed by atoms with Crippen molar-refractivity contribution in [2.24, 2.45) is 4.99 Å². The van der Waals surface area contributed by atoms with Gasteiger partial charge in [-0.05, 0) is 30.3 Å². The van der Waals surface area contributed by atoms with Crippen molar-refractivity contribution in [3.8, 4) is 5.69 Å². The lowest BCUT2D eigenvalue weighted by atomic mass is 9.99. The van der Waals surface area contributed by atoms with E-state index in [9.17, 15) is 4.79 Å². The number of amidine groups is 1. The molecule has 2 aliphatic rings. The molecule has 0 saturated carbocycles. The molecule has 4 aromatic rings. The van der Waals surface area contributed by atoms with Gasteiger partial charge in [0.05, 0.1) is 40.1 Å². The van der Waals surface area contributed by atoms with Crippen molar-refractivity contribution >= 4 is 45.6 Å². The SMILES string of the molecule is O=c1c2ccccc2nc(CSC2=N[C@H]3c4nsnc4C=C[C@H]3N2)n1-c1ccccc1. The summed E-state index contributed by atoms with van der Waals surface area (Å²) in [6.45, 7) is 0. The maximum absolute atomic E-state index is 13.3. The van der Waals surface area contributed by atoms with E-state index in [1.54, 1.807) is 16.3 Å². The second kappa shape index (κ2) is 7.44. The number of para-hydroxylation sites is 2. The van der Waals surface area contributed by atoms with Gasteiger partial charge < -0.3 is 5.32 Å². The number of thioether (sulfide) groups is 1. The minimum absolute atomic E-state index is 0.0536. The van der Waals surface area contributed by atoms with Crippen LogP contribution in [0.1, 0.15) is 23.3 Å². The van der Waals surface area contributed by atoms with E-state index in [-0.39, 0.29) is 17.6 Å². The first-order chi connectivity index (χ1) is 15.3. The molecule has 0 unspecified atom stereocenters. The molecule has 0 bridgehead atoms. The number of aliphatic imine (C=N–C) groups is 1. The zero-order valence-corrected chi connectivity index (χ0v) is 17.8. The van der Waals surface area contributed by atoms with Crippen LogP contribution in [0.2, 0.25) is 0 Å². The zero-order chi connectivity index (χ0) is 20.8. The first-order valence-corrected chi connectivity index (χ1v) is 11.5. The molecule has 7 nitrogen and oxygen atoms in total. The Morgan fingerprint density at radius 3 is 2.81 bits per heavy atom. The van der Waals surface area contributed by atoms with E-state index in [0.29, 0.717) is 22.5 Å². The van der Waals surface area contributed by atoms with Crippen molar-refractivity contribution in [1.29, 1.82) is 0 Å². The topological polar surface area (TPSA) is 85.1 Å². The molecular formula is C22H16N6OS2. The standard InChI is InChI=1S/C22H16N6OS2/c29-21-14-8-4-5-9-15(14)23-18(28(21)13-6-2-1-3-7-13)12-30-22-24-16-10-11-17-20(19(16)25-22)27-31-26-17/h1-11,16,19H,12H2,(H,24,25)/t16-,19-/m1/s1. The Kier molecular flexibility index (Phi) is 4.43. The number of fused-ring (bicyclic) bond motifs is 4. The lowest BCUT2D eigenvalue weighted by Gasteiger charge is -2.16. The van der Waals surface area contributed by atoms with Gasteiger partial charge in [0.2, 0.25) is 0 Å². The van der Waals surface area contributed by atoms with Crippen LogP contribution in [0, 0.1) is 0 Å². The van der Waals surface area contributed by atoms with E-state index in [1.807, 2.05) is 60.7 Å². The van der Waals surface area contributed by atoms with E-state index in [0.717, 1.165) is 22.2 Å². The van der Waals surface area contributed by atoms with Crippen molar-refractivity contribution in [2.75, 3.05) is 0 Å². The minimum Gasteiger partial charge on any atom is -0.356 e. The highest BCUT2D eigenvalue weighted by Crippen LogP contribution is 2.34. The summed E-state index contributed by atoms with van der Waals surface area (Å²) >= 11 is 2.76. The number of rotatable bonds is 3. The highest BCUT2D eigenvalue weighted by molar-refractivity contribution is 8.13. The van der Waals surface area contributed by atoms with Gasteiger partial charge in [-0.1, -0.05) is 48.2 Å². The Labute approximate surface area is 185 Å². The third kappa shape index (κ3) is 3.17. The Morgan fingerprint density at radius 2 is 1.90 bits per heavy atom. The molecule has 31 heavy (non-hydrogen) atoms. The molecule has 152 valence electrons. The van der Waals surface area contributed by atoms with E-state index < -0.39 is 0 Å². The smallest absolute Gasteiger partial charge is 0.265 e. The average molecular weight is 445 g/mol. The number of hydrogen-bond donors (Lipinski definition) is 1. The molecule has 2 aromatic heterocycles. The van der Waals surface area contributed by atoms with E-state index in [4.69, 9.17) is 9.98 Å². The zero-order valence-electron chi connectivity index (χ0n) is 16.2. The van der Waals surface area contributed by atoms with Gasteiger partial charge in [-0.2, -0.15) is 8.75 Å². The predicted molar refractivity (Wildman–Crippen MR) is 125 cm³/mol. The van der Waals surface area contributed by atoms with Crippen LogP contribution in [0.4, 0.5) is 0 Å². The average Bonchev–Trinajstić information content (AvgIpc) is 3.44. The Balaban J connectivity index is 1.36. The number of hydrogen-bond acceptors (Lipinski definition) is 8. The highest BCUT2D eigenvalue weighted by Gasteiger charge is 2.34. The number of aromatic nitrogens is 4. The summed E-state index contributed by atoms with van der Waals surface area (Å²) in [5.41, 5.74) is 3.26. The van der Waals surface area contributed by atoms with E-state index in [2.05, 4.69) is 20.1 Å². The van der Waals surface area contributed by atoms with Crippen LogP contribution in [0.25, 0.3) is 22.7 Å². The van der Waals surface area contributed by atoms with E-state index in [1.165, 1.54) is 11.7 Å². The fourth-order valence-electron chi connectivity index (χ4n) is 3.90. The second-order valence-electron chi connectivity index (χ2n) is 7.25. The monoisotopic (exact) mass is 444 g/mol. The molecule has 0 amide bonds. The van der Waals surface area contributed by atoms with Gasteiger partial charge in [-0.25, -0.2) is 4.98 Å². The van der Waals surface area contributed by atoms with Crippen molar-refractivity contribution in [1.82, 2.24) is 23.6 Å². The summed E-state index contributed by atoms with van der Waals surface area (Å²) in [5.74, 6) is 1.19. The molecule has 2 atom stereocenters. The summed E-state index contributed by atoms with van der Waals surface area (Å²) < 4.78 is 10.4. The summed E-state index contributed by atoms with van der Waals surface area (Å²) in [6.07, 6.45) is 4.08. The Hall–Kier alpha value is -3.30. The van der Waals surface area contributed by atoms with Gasteiger partial charge in [-0.3, -0.25) is 14.4 Å². The van der Waals surface area contributed by atoms with Crippen LogP contribution in [0.15, 0.2) is 70.5 Å². The van der Waals surface area contributed by atoms with Crippen molar-refractivity contribution in [3.63, 3.8) is 0 Å². The first-order valence-electron chi connectivity index (χ1n) is 9.82. The molecule has 9 heteroatoms. The van der Waals surface area contributed by atoms with Gasteiger partial charge in [0.25, 0.3) is 5.56 Å². The number of nitrogens with zero attached hydrogens (tertiary/aromatic N) is 5. The van der Waals surface area contributed by atoms with Crippen molar-refractivity contribution < 1.29 is 0 Å². The molecule has 1 aliphatic carbocycles. The first kappa shape index (κ1) is 18.5. The lowest BCUT2D eigenvalue weighted by Crippen LogP contribution is -2.30. The summed E-state index contributed by atoms with van der Waals surface area (Å²) in [5, 5.41) is 4.88. The second-order valence-corrected chi connectivity index (χ2v) is 8.75. The maximum Gasteiger partial charge on any atom is 0.265 e. The van der Waals surface area contributed by atoms with Gasteiger partial charge >= 0.3 is 0 Å². The van der Waals surface area contributed by atoms with Crippen molar-refractivity contribution in [3.05, 3.63) is 88.2 Å².